The van der Waals surface area contributed by atoms with Crippen molar-refractivity contribution >= 4 is 62.6 Å². The maximum Gasteiger partial charge on any atom is 0.296 e. The zero-order valence-corrected chi connectivity index (χ0v) is 22.0. The molecule has 41 heavy (non-hydrogen) atoms. The molecule has 1 amide bonds. The summed E-state index contributed by atoms with van der Waals surface area (Å²) in [5.74, 6) is -1.20. The van der Waals surface area contributed by atoms with Gasteiger partial charge in [0.25, 0.3) is 10.1 Å². The summed E-state index contributed by atoms with van der Waals surface area (Å²) in [5.41, 5.74) is 7.30. The zero-order valence-electron chi connectivity index (χ0n) is 21.2. The summed E-state index contributed by atoms with van der Waals surface area (Å²) in [7, 11) is -4.90. The van der Waals surface area contributed by atoms with Gasteiger partial charge in [-0.1, -0.05) is 36.9 Å². The lowest BCUT2D eigenvalue weighted by atomic mass is 9.82. The van der Waals surface area contributed by atoms with Crippen molar-refractivity contribution in [1.82, 2.24) is 0 Å². The van der Waals surface area contributed by atoms with Crippen LogP contribution in [0.4, 0.5) is 28.4 Å². The summed E-state index contributed by atoms with van der Waals surface area (Å²) < 4.78 is 34.7. The van der Waals surface area contributed by atoms with Gasteiger partial charge in [-0.3, -0.25) is 23.8 Å². The fourth-order valence-corrected chi connectivity index (χ4v) is 5.43. The summed E-state index contributed by atoms with van der Waals surface area (Å²) in [6.07, 6.45) is 2.10. The van der Waals surface area contributed by atoms with E-state index < -0.39 is 26.6 Å². The fourth-order valence-electron chi connectivity index (χ4n) is 4.74. The number of nitrogens with zero attached hydrogens (tertiary/aromatic N) is 2. The molecule has 0 atom stereocenters. The van der Waals surface area contributed by atoms with Gasteiger partial charge in [0, 0.05) is 28.2 Å². The van der Waals surface area contributed by atoms with Crippen LogP contribution in [0.15, 0.2) is 84.3 Å². The van der Waals surface area contributed by atoms with Crippen LogP contribution >= 0.6 is 0 Å². The third-order valence-corrected chi connectivity index (χ3v) is 7.50. The van der Waals surface area contributed by atoms with Crippen molar-refractivity contribution in [2.45, 2.75) is 4.90 Å². The minimum Gasteiger partial charge on any atom is -0.398 e. The lowest BCUT2D eigenvalue weighted by Crippen LogP contribution is -2.25. The monoisotopic (exact) mass is 564 g/mol. The first-order valence-electron chi connectivity index (χ1n) is 12.0. The molecule has 0 unspecified atom stereocenters. The van der Waals surface area contributed by atoms with Crippen molar-refractivity contribution in [2.75, 3.05) is 16.0 Å². The molecular weight excluding hydrogens is 544 g/mol. The number of hydrogen-bond acceptors (Lipinski definition) is 8. The van der Waals surface area contributed by atoms with Crippen LogP contribution in [-0.2, 0) is 14.9 Å². The van der Waals surface area contributed by atoms with Gasteiger partial charge in [0.2, 0.25) is 6.41 Å². The van der Waals surface area contributed by atoms with Crippen molar-refractivity contribution in [2.24, 2.45) is 0 Å². The molecule has 202 valence electrons. The van der Waals surface area contributed by atoms with Gasteiger partial charge in [-0.15, -0.1) is 0 Å². The van der Waals surface area contributed by atoms with E-state index in [1.54, 1.807) is 42.5 Å². The third kappa shape index (κ3) is 4.63. The zero-order chi connectivity index (χ0) is 29.5. The SMILES string of the molecule is C=Cc1cc(C#N)ccc1N(C=O)c1ccc(Nc2c(S(=O)(=O)O)cc(N)c3c2C(=O)c2ccccc2C3=O)cc1. The Morgan fingerprint density at radius 3 is 2.15 bits per heavy atom. The highest BCUT2D eigenvalue weighted by molar-refractivity contribution is 7.86. The van der Waals surface area contributed by atoms with Gasteiger partial charge < -0.3 is 11.1 Å². The van der Waals surface area contributed by atoms with Gasteiger partial charge in [-0.25, -0.2) is 0 Å². The first-order valence-corrected chi connectivity index (χ1v) is 13.4. The van der Waals surface area contributed by atoms with Gasteiger partial charge in [0.1, 0.15) is 4.90 Å². The second kappa shape index (κ2) is 10.2. The molecule has 0 fully saturated rings. The molecule has 0 aromatic heterocycles. The van der Waals surface area contributed by atoms with Crippen molar-refractivity contribution in [1.29, 1.82) is 5.26 Å². The van der Waals surface area contributed by atoms with Crippen LogP contribution < -0.4 is 16.0 Å². The van der Waals surface area contributed by atoms with Crippen LogP contribution in [0.1, 0.15) is 43.0 Å². The lowest BCUT2D eigenvalue weighted by Gasteiger charge is -2.24. The Kier molecular flexibility index (Phi) is 6.72. The number of amides is 1. The number of nitrogens with one attached hydrogen (secondary N) is 1. The number of nitrogen functional groups attached to an aromatic ring is 1. The lowest BCUT2D eigenvalue weighted by molar-refractivity contribution is -0.106. The number of nitrogens with two attached hydrogens (primary N) is 1. The molecule has 0 saturated heterocycles. The van der Waals surface area contributed by atoms with Crippen LogP contribution in [0.3, 0.4) is 0 Å². The number of rotatable bonds is 7. The second-order valence-electron chi connectivity index (χ2n) is 9.00. The normalized spacial score (nSPS) is 12.1. The first kappa shape index (κ1) is 27.0. The highest BCUT2D eigenvalue weighted by atomic mass is 32.2. The Bertz CT molecular complexity index is 1940. The number of carbonyl (C=O) groups excluding carboxylic acids is 3. The second-order valence-corrected chi connectivity index (χ2v) is 10.4. The first-order chi connectivity index (χ1) is 19.6. The number of benzene rings is 4. The summed E-state index contributed by atoms with van der Waals surface area (Å²) >= 11 is 0. The Morgan fingerprint density at radius 1 is 0.951 bits per heavy atom. The Labute approximate surface area is 234 Å². The summed E-state index contributed by atoms with van der Waals surface area (Å²) in [6, 6.07) is 20.0. The maximum atomic E-state index is 13.5. The molecule has 0 aliphatic heterocycles. The number of carbonyl (C=O) groups is 3. The van der Waals surface area contributed by atoms with Crippen LogP contribution in [-0.4, -0.2) is 30.9 Å². The average molecular weight is 565 g/mol. The molecule has 0 saturated carbocycles. The summed E-state index contributed by atoms with van der Waals surface area (Å²) in [4.78, 5) is 39.5. The van der Waals surface area contributed by atoms with Crippen LogP contribution in [0, 0.1) is 11.3 Å². The van der Waals surface area contributed by atoms with Gasteiger partial charge in [-0.2, -0.15) is 13.7 Å². The standard InChI is InChI=1S/C30H20N4O6S/c1-2-18-13-17(15-31)7-12-24(18)34(16-35)20-10-8-19(9-11-20)33-28-25(41(38,39)40)14-23(32)26-27(28)30(37)22-6-4-3-5-21(22)29(26)36/h2-14,16,33H,1,32H2,(H,38,39,40). The van der Waals surface area contributed by atoms with E-state index in [1.807, 2.05) is 6.07 Å². The van der Waals surface area contributed by atoms with Gasteiger partial charge in [-0.05, 0) is 54.1 Å². The molecule has 10 nitrogen and oxygen atoms in total. The van der Waals surface area contributed by atoms with E-state index in [1.165, 1.54) is 35.2 Å². The molecule has 0 radical (unpaired) electrons. The molecular formula is C30H20N4O6S. The molecule has 11 heteroatoms. The molecule has 4 N–H and O–H groups in total. The largest absolute Gasteiger partial charge is 0.398 e. The topological polar surface area (TPSA) is 171 Å². The van der Waals surface area contributed by atoms with E-state index in [2.05, 4.69) is 11.9 Å². The highest BCUT2D eigenvalue weighted by Crippen LogP contribution is 2.41. The predicted molar refractivity (Wildman–Crippen MR) is 153 cm³/mol. The predicted octanol–water partition coefficient (Wildman–Crippen LogP) is 4.84. The van der Waals surface area contributed by atoms with Crippen LogP contribution in [0.5, 0.6) is 0 Å². The smallest absolute Gasteiger partial charge is 0.296 e. The highest BCUT2D eigenvalue weighted by Gasteiger charge is 2.36. The van der Waals surface area contributed by atoms with E-state index in [4.69, 9.17) is 5.73 Å². The number of nitriles is 1. The fraction of sp³-hybridized carbons (Fsp3) is 0. The van der Waals surface area contributed by atoms with Crippen LogP contribution in [0.2, 0.25) is 0 Å². The van der Waals surface area contributed by atoms with Gasteiger partial charge in [0.05, 0.1) is 34.1 Å². The Hall–Kier alpha value is -5.57. The molecule has 4 aromatic rings. The van der Waals surface area contributed by atoms with Crippen LogP contribution in [0.25, 0.3) is 6.08 Å². The molecule has 1 aliphatic carbocycles. The number of ketones is 2. The average Bonchev–Trinajstić information content (AvgIpc) is 2.97. The van der Waals surface area contributed by atoms with Crippen molar-refractivity contribution in [3.63, 3.8) is 0 Å². The molecule has 0 heterocycles. The molecule has 0 spiro atoms. The minimum absolute atomic E-state index is 0.0670. The third-order valence-electron chi connectivity index (χ3n) is 6.63. The van der Waals surface area contributed by atoms with E-state index >= 15 is 0 Å². The maximum absolute atomic E-state index is 13.5. The Balaban J connectivity index is 1.60. The quantitative estimate of drug-likeness (QED) is 0.142. The molecule has 1 aliphatic rings. The molecule has 4 aromatic carbocycles. The van der Waals surface area contributed by atoms with Crippen molar-refractivity contribution in [3.05, 3.63) is 113 Å². The molecule has 0 bridgehead atoms. The summed E-state index contributed by atoms with van der Waals surface area (Å²) in [5, 5.41) is 12.0. The van der Waals surface area contributed by atoms with Gasteiger partial charge in [0.15, 0.2) is 11.6 Å². The molecule has 5 rings (SSSR count). The summed E-state index contributed by atoms with van der Waals surface area (Å²) in [6.45, 7) is 3.74. The van der Waals surface area contributed by atoms with Crippen molar-refractivity contribution in [3.8, 4) is 6.07 Å². The van der Waals surface area contributed by atoms with Crippen molar-refractivity contribution < 1.29 is 27.4 Å². The minimum atomic E-state index is -4.90. The van der Waals surface area contributed by atoms with E-state index in [-0.39, 0.29) is 39.3 Å². The number of anilines is 5. The Morgan fingerprint density at radius 2 is 1.59 bits per heavy atom. The van der Waals surface area contributed by atoms with Gasteiger partial charge >= 0.3 is 0 Å². The van der Waals surface area contributed by atoms with E-state index in [0.29, 0.717) is 28.9 Å². The number of fused-ring (bicyclic) bond motifs is 2. The number of hydrogen-bond donors (Lipinski definition) is 3. The van der Waals surface area contributed by atoms with E-state index in [9.17, 15) is 32.6 Å². The van der Waals surface area contributed by atoms with E-state index in [0.717, 1.165) is 6.07 Å².